The van der Waals surface area contributed by atoms with Gasteiger partial charge in [0.1, 0.15) is 17.2 Å². The molecule has 0 unspecified atom stereocenters. The summed E-state index contributed by atoms with van der Waals surface area (Å²) in [7, 11) is 3.78. The van der Waals surface area contributed by atoms with Crippen LogP contribution >= 0.6 is 11.3 Å². The van der Waals surface area contributed by atoms with E-state index in [1.807, 2.05) is 19.9 Å². The summed E-state index contributed by atoms with van der Waals surface area (Å²) in [5.74, 6) is -0.141. The van der Waals surface area contributed by atoms with Gasteiger partial charge in [-0.2, -0.15) is 0 Å². The highest BCUT2D eigenvalue weighted by Gasteiger charge is 2.38. The summed E-state index contributed by atoms with van der Waals surface area (Å²) in [6.07, 6.45) is 1.94. The minimum atomic E-state index is -0.578. The zero-order chi connectivity index (χ0) is 21.5. The molecule has 2 aliphatic rings. The molecule has 0 saturated heterocycles. The lowest BCUT2D eigenvalue weighted by Gasteiger charge is -2.23. The second-order valence-corrected chi connectivity index (χ2v) is 9.08. The van der Waals surface area contributed by atoms with Gasteiger partial charge < -0.3 is 14.8 Å². The number of fused-ring (bicyclic) bond motifs is 1. The van der Waals surface area contributed by atoms with Gasteiger partial charge in [0.05, 0.1) is 17.9 Å². The van der Waals surface area contributed by atoms with Crippen molar-refractivity contribution in [3.63, 3.8) is 0 Å². The lowest BCUT2D eigenvalue weighted by Crippen LogP contribution is -2.22. The van der Waals surface area contributed by atoms with Gasteiger partial charge in [0.2, 0.25) is 0 Å². The highest BCUT2D eigenvalue weighted by molar-refractivity contribution is 7.10. The Morgan fingerprint density at radius 3 is 2.87 bits per heavy atom. The Labute approximate surface area is 179 Å². The van der Waals surface area contributed by atoms with E-state index in [4.69, 9.17) is 9.47 Å². The third kappa shape index (κ3) is 3.93. The Morgan fingerprint density at radius 2 is 2.10 bits per heavy atom. The van der Waals surface area contributed by atoms with Crippen LogP contribution in [0.4, 0.5) is 10.1 Å². The molecule has 1 amide bonds. The first-order chi connectivity index (χ1) is 14.3. The lowest BCUT2D eigenvalue weighted by atomic mass is 9.94. The summed E-state index contributed by atoms with van der Waals surface area (Å²) in [4.78, 5) is 16.1. The summed E-state index contributed by atoms with van der Waals surface area (Å²) >= 11 is 1.71. The van der Waals surface area contributed by atoms with Crippen molar-refractivity contribution < 1.29 is 18.7 Å². The second-order valence-electron chi connectivity index (χ2n) is 8.09. The highest BCUT2D eigenvalue weighted by Crippen LogP contribution is 2.45. The van der Waals surface area contributed by atoms with Crippen LogP contribution in [-0.2, 0) is 20.8 Å². The van der Waals surface area contributed by atoms with Crippen LogP contribution in [0.25, 0.3) is 11.1 Å². The standard InChI is InChI=1S/C23H25FN2O3S/c1-23(2)18(14-9-16(30-13-14)12-26(3)7-8-28-4)11-20(29-23)21-17-6-5-15(24)10-19(17)25-22(21)27/h5-6,9-11,13H,7-8,12H2,1-4H3,(H,25,27). The molecule has 0 atom stereocenters. The third-order valence-corrected chi connectivity index (χ3v) is 6.25. The SMILES string of the molecule is COCCN(C)Cc1cc(C2=CC(=C3C(=O)Nc4cc(F)ccc43)OC2(C)C)cs1. The molecular formula is C23H25FN2O3S. The average Bonchev–Trinajstić information content (AvgIpc) is 3.34. The normalized spacial score (nSPS) is 19.7. The number of hydrogen-bond donors (Lipinski definition) is 1. The molecule has 0 radical (unpaired) electrons. The third-order valence-electron chi connectivity index (χ3n) is 5.33. The number of carbonyl (C=O) groups is 1. The van der Waals surface area contributed by atoms with Gasteiger partial charge in [0.25, 0.3) is 5.91 Å². The van der Waals surface area contributed by atoms with Crippen LogP contribution in [0.5, 0.6) is 0 Å². The maximum Gasteiger partial charge on any atom is 0.260 e. The molecule has 2 aromatic rings. The van der Waals surface area contributed by atoms with Gasteiger partial charge in [-0.3, -0.25) is 9.69 Å². The Morgan fingerprint density at radius 1 is 1.30 bits per heavy atom. The van der Waals surface area contributed by atoms with Crippen LogP contribution in [0.2, 0.25) is 0 Å². The van der Waals surface area contributed by atoms with Crippen LogP contribution in [0, 0.1) is 5.82 Å². The van der Waals surface area contributed by atoms with E-state index in [9.17, 15) is 9.18 Å². The van der Waals surface area contributed by atoms with E-state index >= 15 is 0 Å². The minimum absolute atomic E-state index is 0.273. The number of likely N-dealkylation sites (N-methyl/N-ethyl adjacent to an activating group) is 1. The van der Waals surface area contributed by atoms with Crippen molar-refractivity contribution in [1.82, 2.24) is 4.90 Å². The van der Waals surface area contributed by atoms with Crippen LogP contribution in [0.1, 0.15) is 29.9 Å². The number of halogens is 1. The monoisotopic (exact) mass is 428 g/mol. The molecule has 0 bridgehead atoms. The van der Waals surface area contributed by atoms with E-state index in [2.05, 4.69) is 28.7 Å². The largest absolute Gasteiger partial charge is 0.482 e. The molecule has 30 heavy (non-hydrogen) atoms. The van der Waals surface area contributed by atoms with E-state index in [0.717, 1.165) is 24.2 Å². The number of thiophene rings is 1. The van der Waals surface area contributed by atoms with Gasteiger partial charge in [-0.05, 0) is 62.2 Å². The Kier molecular flexibility index (Phi) is 5.53. The van der Waals surface area contributed by atoms with Gasteiger partial charge in [-0.1, -0.05) is 0 Å². The number of rotatable bonds is 6. The highest BCUT2D eigenvalue weighted by atomic mass is 32.1. The maximum absolute atomic E-state index is 13.5. The number of anilines is 1. The van der Waals surface area contributed by atoms with Gasteiger partial charge >= 0.3 is 0 Å². The molecule has 0 saturated carbocycles. The van der Waals surface area contributed by atoms with Crippen molar-refractivity contribution in [2.75, 3.05) is 32.6 Å². The predicted molar refractivity (Wildman–Crippen MR) is 118 cm³/mol. The molecule has 0 fully saturated rings. The summed E-state index contributed by atoms with van der Waals surface area (Å²) in [6, 6.07) is 6.48. The first kappa shape index (κ1) is 20.8. The molecule has 7 heteroatoms. The van der Waals surface area contributed by atoms with Crippen LogP contribution < -0.4 is 5.32 Å². The minimum Gasteiger partial charge on any atom is -0.482 e. The van der Waals surface area contributed by atoms with Gasteiger partial charge in [0.15, 0.2) is 0 Å². The fraction of sp³-hybridized carbons (Fsp3) is 0.348. The topological polar surface area (TPSA) is 50.8 Å². The second kappa shape index (κ2) is 7.98. The zero-order valence-corrected chi connectivity index (χ0v) is 18.4. The molecule has 0 aliphatic carbocycles. The number of methoxy groups -OCH3 is 1. The number of nitrogens with one attached hydrogen (secondary N) is 1. The molecule has 0 spiro atoms. The van der Waals surface area contributed by atoms with Crippen molar-refractivity contribution in [2.45, 2.75) is 26.0 Å². The summed E-state index contributed by atoms with van der Waals surface area (Å²) < 4.78 is 24.9. The molecule has 1 aromatic heterocycles. The fourth-order valence-corrected chi connectivity index (χ4v) is 4.77. The Bertz CT molecular complexity index is 1050. The molecule has 1 N–H and O–H groups in total. The number of carbonyl (C=O) groups excluding carboxylic acids is 1. The first-order valence-electron chi connectivity index (χ1n) is 9.80. The van der Waals surface area contributed by atoms with Crippen molar-refractivity contribution in [3.05, 3.63) is 63.3 Å². The quantitative estimate of drug-likeness (QED) is 0.688. The molecular weight excluding hydrogens is 403 g/mol. The Balaban J connectivity index is 1.65. The van der Waals surface area contributed by atoms with Crippen LogP contribution in [0.3, 0.4) is 0 Å². The van der Waals surface area contributed by atoms with Crippen molar-refractivity contribution in [2.24, 2.45) is 0 Å². The van der Waals surface area contributed by atoms with Crippen LogP contribution in [-0.4, -0.2) is 43.7 Å². The molecule has 5 nitrogen and oxygen atoms in total. The zero-order valence-electron chi connectivity index (χ0n) is 17.5. The van der Waals surface area contributed by atoms with Crippen LogP contribution in [0.15, 0.2) is 41.5 Å². The summed E-state index contributed by atoms with van der Waals surface area (Å²) in [5, 5.41) is 4.86. The van der Waals surface area contributed by atoms with E-state index in [0.29, 0.717) is 29.2 Å². The Hall–Kier alpha value is -2.48. The van der Waals surface area contributed by atoms with E-state index in [-0.39, 0.29) is 11.7 Å². The molecule has 158 valence electrons. The number of nitrogens with zero attached hydrogens (tertiary/aromatic N) is 1. The lowest BCUT2D eigenvalue weighted by molar-refractivity contribution is -0.111. The van der Waals surface area contributed by atoms with Crippen molar-refractivity contribution in [1.29, 1.82) is 0 Å². The average molecular weight is 429 g/mol. The summed E-state index contributed by atoms with van der Waals surface area (Å²) in [6.45, 7) is 6.40. The fourth-order valence-electron chi connectivity index (χ4n) is 3.81. The number of hydrogen-bond acceptors (Lipinski definition) is 5. The number of amides is 1. The molecule has 3 heterocycles. The molecule has 4 rings (SSSR count). The molecule has 1 aromatic carbocycles. The van der Waals surface area contributed by atoms with E-state index in [1.165, 1.54) is 17.0 Å². The van der Waals surface area contributed by atoms with E-state index < -0.39 is 5.60 Å². The van der Waals surface area contributed by atoms with Gasteiger partial charge in [-0.15, -0.1) is 11.3 Å². The molecule has 2 aliphatic heterocycles. The van der Waals surface area contributed by atoms with Gasteiger partial charge in [-0.25, -0.2) is 4.39 Å². The van der Waals surface area contributed by atoms with E-state index in [1.54, 1.807) is 24.5 Å². The smallest absolute Gasteiger partial charge is 0.260 e. The van der Waals surface area contributed by atoms with Gasteiger partial charge in [0, 0.05) is 36.2 Å². The summed E-state index contributed by atoms with van der Waals surface area (Å²) in [5.41, 5.74) is 3.12. The number of benzene rings is 1. The first-order valence-corrected chi connectivity index (χ1v) is 10.7. The maximum atomic E-state index is 13.5. The predicted octanol–water partition coefficient (Wildman–Crippen LogP) is 4.52. The van der Waals surface area contributed by atoms with Crippen molar-refractivity contribution in [3.8, 4) is 0 Å². The number of ether oxygens (including phenoxy) is 2. The van der Waals surface area contributed by atoms with Crippen molar-refractivity contribution >= 4 is 34.1 Å². The number of allylic oxidation sites excluding steroid dienone is 1.